The lowest BCUT2D eigenvalue weighted by Crippen LogP contribution is -2.07. The Morgan fingerprint density at radius 3 is 2.46 bits per heavy atom. The standard InChI is InChI=1S/C21H23NO4/c1-5-14-6-7-16-15(10-21(23)26-18(16)9-14)12-22-17-11-20(25-4)19(24-3)8-13(17)2/h6-11,22H,5,12H2,1-4H3. The first-order valence-corrected chi connectivity index (χ1v) is 8.57. The molecule has 0 saturated heterocycles. The van der Waals surface area contributed by atoms with Gasteiger partial charge >= 0.3 is 5.63 Å². The first kappa shape index (κ1) is 17.9. The summed E-state index contributed by atoms with van der Waals surface area (Å²) in [5.74, 6) is 1.35. The molecule has 0 fully saturated rings. The van der Waals surface area contributed by atoms with Crippen LogP contribution < -0.4 is 20.4 Å². The Hall–Kier alpha value is -2.95. The van der Waals surface area contributed by atoms with Crippen molar-refractivity contribution < 1.29 is 13.9 Å². The van der Waals surface area contributed by atoms with Gasteiger partial charge in [-0.2, -0.15) is 0 Å². The summed E-state index contributed by atoms with van der Waals surface area (Å²) in [4.78, 5) is 11.9. The van der Waals surface area contributed by atoms with Crippen LogP contribution >= 0.6 is 0 Å². The third-order valence-corrected chi connectivity index (χ3v) is 4.50. The van der Waals surface area contributed by atoms with E-state index < -0.39 is 0 Å². The molecule has 0 bridgehead atoms. The fraction of sp³-hybridized carbons (Fsp3) is 0.286. The van der Waals surface area contributed by atoms with Gasteiger partial charge in [0.2, 0.25) is 0 Å². The van der Waals surface area contributed by atoms with Crippen LogP contribution in [0.15, 0.2) is 45.6 Å². The highest BCUT2D eigenvalue weighted by Crippen LogP contribution is 2.33. The summed E-state index contributed by atoms with van der Waals surface area (Å²) in [6, 6.07) is 11.4. The smallest absolute Gasteiger partial charge is 0.336 e. The fourth-order valence-corrected chi connectivity index (χ4v) is 3.00. The topological polar surface area (TPSA) is 60.7 Å². The Bertz CT molecular complexity index is 991. The van der Waals surface area contributed by atoms with E-state index in [1.54, 1.807) is 14.2 Å². The Morgan fingerprint density at radius 1 is 1.04 bits per heavy atom. The molecule has 0 aliphatic heterocycles. The zero-order chi connectivity index (χ0) is 18.7. The minimum atomic E-state index is -0.341. The number of nitrogens with one attached hydrogen (secondary N) is 1. The number of benzene rings is 2. The van der Waals surface area contributed by atoms with Crippen LogP contribution in [0.4, 0.5) is 5.69 Å². The summed E-state index contributed by atoms with van der Waals surface area (Å²) < 4.78 is 16.1. The Balaban J connectivity index is 1.94. The maximum absolute atomic E-state index is 11.9. The van der Waals surface area contributed by atoms with Gasteiger partial charge in [-0.1, -0.05) is 19.1 Å². The first-order valence-electron chi connectivity index (χ1n) is 8.57. The molecule has 5 nitrogen and oxygen atoms in total. The lowest BCUT2D eigenvalue weighted by molar-refractivity contribution is 0.355. The molecule has 1 heterocycles. The van der Waals surface area contributed by atoms with Crippen molar-refractivity contribution in [2.75, 3.05) is 19.5 Å². The molecule has 3 rings (SSSR count). The quantitative estimate of drug-likeness (QED) is 0.670. The molecule has 5 heteroatoms. The molecule has 0 atom stereocenters. The largest absolute Gasteiger partial charge is 0.493 e. The third kappa shape index (κ3) is 3.52. The van der Waals surface area contributed by atoms with E-state index in [1.165, 1.54) is 6.07 Å². The molecule has 0 amide bonds. The van der Waals surface area contributed by atoms with Crippen LogP contribution in [0.1, 0.15) is 23.6 Å². The first-order chi connectivity index (χ1) is 12.5. The van der Waals surface area contributed by atoms with Crippen LogP contribution in [0, 0.1) is 6.92 Å². The number of methoxy groups -OCH3 is 2. The molecule has 2 aromatic carbocycles. The van der Waals surface area contributed by atoms with Crippen LogP contribution in [0.3, 0.4) is 0 Å². The molecular formula is C21H23NO4. The maximum atomic E-state index is 11.9. The fourth-order valence-electron chi connectivity index (χ4n) is 3.00. The Kier molecular flexibility index (Phi) is 5.16. The molecule has 0 spiro atoms. The van der Waals surface area contributed by atoms with Gasteiger partial charge in [0.25, 0.3) is 0 Å². The Labute approximate surface area is 152 Å². The molecule has 0 aliphatic carbocycles. The van der Waals surface area contributed by atoms with Crippen molar-refractivity contribution in [2.45, 2.75) is 26.8 Å². The molecule has 0 unspecified atom stereocenters. The number of anilines is 1. The average Bonchev–Trinajstić information content (AvgIpc) is 2.65. The summed E-state index contributed by atoms with van der Waals surface area (Å²) >= 11 is 0. The van der Waals surface area contributed by atoms with Gasteiger partial charge in [0.15, 0.2) is 11.5 Å². The monoisotopic (exact) mass is 353 g/mol. The maximum Gasteiger partial charge on any atom is 0.336 e. The van der Waals surface area contributed by atoms with E-state index >= 15 is 0 Å². The van der Waals surface area contributed by atoms with Gasteiger partial charge in [-0.05, 0) is 42.2 Å². The molecule has 136 valence electrons. The predicted molar refractivity (Wildman–Crippen MR) is 103 cm³/mol. The van der Waals surface area contributed by atoms with Crippen LogP contribution in [-0.2, 0) is 13.0 Å². The van der Waals surface area contributed by atoms with Crippen molar-refractivity contribution in [2.24, 2.45) is 0 Å². The molecule has 1 N–H and O–H groups in total. The van der Waals surface area contributed by atoms with E-state index in [4.69, 9.17) is 13.9 Å². The van der Waals surface area contributed by atoms with E-state index in [0.29, 0.717) is 23.6 Å². The summed E-state index contributed by atoms with van der Waals surface area (Å²) in [7, 11) is 3.22. The highest BCUT2D eigenvalue weighted by molar-refractivity contribution is 5.81. The van der Waals surface area contributed by atoms with Crippen LogP contribution in [0.5, 0.6) is 11.5 Å². The van der Waals surface area contributed by atoms with Gasteiger partial charge < -0.3 is 19.2 Å². The molecule has 3 aromatic rings. The van der Waals surface area contributed by atoms with Crippen molar-refractivity contribution in [3.8, 4) is 11.5 Å². The predicted octanol–water partition coefficient (Wildman–Crippen LogP) is 4.29. The summed E-state index contributed by atoms with van der Waals surface area (Å²) in [6.45, 7) is 4.57. The number of fused-ring (bicyclic) bond motifs is 1. The summed E-state index contributed by atoms with van der Waals surface area (Å²) in [5.41, 5.74) is 4.27. The number of ether oxygens (including phenoxy) is 2. The normalized spacial score (nSPS) is 10.8. The lowest BCUT2D eigenvalue weighted by atomic mass is 10.1. The number of aryl methyl sites for hydroxylation is 2. The zero-order valence-corrected chi connectivity index (χ0v) is 15.5. The van der Waals surface area contributed by atoms with E-state index in [1.807, 2.05) is 31.2 Å². The SMILES string of the molecule is CCc1ccc2c(CNc3cc(OC)c(OC)cc3C)cc(=O)oc2c1. The van der Waals surface area contributed by atoms with Crippen LogP contribution in [0.2, 0.25) is 0 Å². The van der Waals surface area contributed by atoms with E-state index in [0.717, 1.165) is 34.2 Å². The second kappa shape index (κ2) is 7.52. The minimum Gasteiger partial charge on any atom is -0.493 e. The number of hydrogen-bond acceptors (Lipinski definition) is 5. The van der Waals surface area contributed by atoms with Gasteiger partial charge in [0.05, 0.1) is 14.2 Å². The van der Waals surface area contributed by atoms with Crippen molar-refractivity contribution >= 4 is 16.7 Å². The second-order valence-electron chi connectivity index (χ2n) is 6.15. The van der Waals surface area contributed by atoms with E-state index in [2.05, 4.69) is 18.3 Å². The van der Waals surface area contributed by atoms with Gasteiger partial charge in [0.1, 0.15) is 5.58 Å². The number of hydrogen-bond donors (Lipinski definition) is 1. The van der Waals surface area contributed by atoms with E-state index in [-0.39, 0.29) is 5.63 Å². The van der Waals surface area contributed by atoms with Crippen LogP contribution in [-0.4, -0.2) is 14.2 Å². The van der Waals surface area contributed by atoms with Crippen molar-refractivity contribution in [1.82, 2.24) is 0 Å². The molecule has 0 saturated carbocycles. The molecule has 0 radical (unpaired) electrons. The highest BCUT2D eigenvalue weighted by atomic mass is 16.5. The molecule has 1 aromatic heterocycles. The zero-order valence-electron chi connectivity index (χ0n) is 15.5. The molecule has 26 heavy (non-hydrogen) atoms. The Morgan fingerprint density at radius 2 is 1.77 bits per heavy atom. The van der Waals surface area contributed by atoms with Crippen molar-refractivity contribution in [3.63, 3.8) is 0 Å². The van der Waals surface area contributed by atoms with Crippen LogP contribution in [0.25, 0.3) is 11.0 Å². The average molecular weight is 353 g/mol. The van der Waals surface area contributed by atoms with Gasteiger partial charge in [-0.3, -0.25) is 0 Å². The summed E-state index contributed by atoms with van der Waals surface area (Å²) in [5, 5.41) is 4.32. The van der Waals surface area contributed by atoms with Crippen molar-refractivity contribution in [1.29, 1.82) is 0 Å². The molecular weight excluding hydrogens is 330 g/mol. The molecule has 0 aliphatic rings. The van der Waals surface area contributed by atoms with E-state index in [9.17, 15) is 4.79 Å². The second-order valence-corrected chi connectivity index (χ2v) is 6.15. The minimum absolute atomic E-state index is 0.341. The lowest BCUT2D eigenvalue weighted by Gasteiger charge is -2.15. The summed E-state index contributed by atoms with van der Waals surface area (Å²) in [6.07, 6.45) is 0.896. The van der Waals surface area contributed by atoms with Gasteiger partial charge in [0, 0.05) is 29.8 Å². The van der Waals surface area contributed by atoms with Gasteiger partial charge in [-0.25, -0.2) is 4.79 Å². The third-order valence-electron chi connectivity index (χ3n) is 4.50. The highest BCUT2D eigenvalue weighted by Gasteiger charge is 2.10. The number of rotatable bonds is 6. The van der Waals surface area contributed by atoms with Crippen molar-refractivity contribution in [3.05, 3.63) is 63.5 Å². The van der Waals surface area contributed by atoms with Gasteiger partial charge in [-0.15, -0.1) is 0 Å².